The summed E-state index contributed by atoms with van der Waals surface area (Å²) in [6.45, 7) is 2.37. The minimum Gasteiger partial charge on any atom is -0.379 e. The van der Waals surface area contributed by atoms with E-state index in [9.17, 15) is 22.4 Å². The molecule has 0 aliphatic carbocycles. The summed E-state index contributed by atoms with van der Waals surface area (Å²) in [7, 11) is -3.42. The number of rotatable bonds is 7. The maximum absolute atomic E-state index is 13.0. The number of likely N-dealkylation sites (tertiary alicyclic amines) is 1. The molecule has 0 spiro atoms. The number of amides is 2. The van der Waals surface area contributed by atoms with Gasteiger partial charge >= 0.3 is 0 Å². The summed E-state index contributed by atoms with van der Waals surface area (Å²) in [5.41, 5.74) is 0.723. The van der Waals surface area contributed by atoms with E-state index in [1.807, 2.05) is 0 Å². The van der Waals surface area contributed by atoms with E-state index in [0.29, 0.717) is 52.2 Å². The molecule has 3 rings (SSSR count). The number of nitrogens with zero attached hydrogens (tertiary/aromatic N) is 2. The van der Waals surface area contributed by atoms with Crippen LogP contribution in [0.5, 0.6) is 0 Å². The highest BCUT2D eigenvalue weighted by atomic mass is 32.2. The quantitative estimate of drug-likeness (QED) is 0.660. The van der Waals surface area contributed by atoms with Crippen molar-refractivity contribution >= 4 is 21.8 Å². The number of carbonyl (C=O) groups excluding carboxylic acids is 2. The lowest BCUT2D eigenvalue weighted by Crippen LogP contribution is -2.47. The number of hydrogen-bond donors (Lipinski definition) is 1. The topological polar surface area (TPSA) is 96.0 Å². The maximum Gasteiger partial charge on any atom is 0.227 e. The van der Waals surface area contributed by atoms with Crippen molar-refractivity contribution < 1.29 is 27.1 Å². The normalized spacial score (nSPS) is 20.7. The fraction of sp³-hybridized carbons (Fsp3) is 0.600. The Morgan fingerprint density at radius 3 is 2.53 bits per heavy atom. The van der Waals surface area contributed by atoms with Gasteiger partial charge in [-0.2, -0.15) is 4.31 Å². The van der Waals surface area contributed by atoms with E-state index in [4.69, 9.17) is 4.74 Å². The number of nitrogens with one attached hydrogen (secondary N) is 1. The molecule has 0 radical (unpaired) electrons. The van der Waals surface area contributed by atoms with Gasteiger partial charge in [0.1, 0.15) is 5.82 Å². The number of carbonyl (C=O) groups is 2. The van der Waals surface area contributed by atoms with E-state index in [1.165, 1.54) is 16.4 Å². The Balaban J connectivity index is 1.45. The van der Waals surface area contributed by atoms with E-state index in [1.54, 1.807) is 17.0 Å². The van der Waals surface area contributed by atoms with Gasteiger partial charge in [0, 0.05) is 32.7 Å². The van der Waals surface area contributed by atoms with Crippen LogP contribution >= 0.6 is 0 Å². The first-order chi connectivity index (χ1) is 14.3. The van der Waals surface area contributed by atoms with Gasteiger partial charge in [-0.15, -0.1) is 0 Å². The van der Waals surface area contributed by atoms with Gasteiger partial charge in [0.15, 0.2) is 0 Å². The summed E-state index contributed by atoms with van der Waals surface area (Å²) < 4.78 is 44.2. The van der Waals surface area contributed by atoms with Crippen molar-refractivity contribution in [1.82, 2.24) is 14.5 Å². The first-order valence-electron chi connectivity index (χ1n) is 10.2. The lowest BCUT2D eigenvalue weighted by Gasteiger charge is -2.32. The fourth-order valence-electron chi connectivity index (χ4n) is 3.71. The van der Waals surface area contributed by atoms with Gasteiger partial charge in [0.2, 0.25) is 21.8 Å². The molecule has 0 bridgehead atoms. The van der Waals surface area contributed by atoms with Crippen LogP contribution in [0.4, 0.5) is 4.39 Å². The van der Waals surface area contributed by atoms with Crippen molar-refractivity contribution in [2.75, 3.05) is 51.7 Å². The molecule has 8 nitrogen and oxygen atoms in total. The molecule has 10 heteroatoms. The van der Waals surface area contributed by atoms with Gasteiger partial charge in [-0.05, 0) is 30.5 Å². The molecular formula is C20H28FN3O5S. The maximum atomic E-state index is 13.0. The van der Waals surface area contributed by atoms with Crippen LogP contribution in [0.15, 0.2) is 24.3 Å². The van der Waals surface area contributed by atoms with Crippen LogP contribution in [0.3, 0.4) is 0 Å². The second kappa shape index (κ2) is 10.3. The SMILES string of the molecule is O=C(NCCS(=O)(=O)N1CCOCC1)C1CCCN(C(=O)Cc2ccc(F)cc2)C1. The van der Waals surface area contributed by atoms with Crippen LogP contribution < -0.4 is 5.32 Å². The number of benzene rings is 1. The van der Waals surface area contributed by atoms with Crippen molar-refractivity contribution in [3.8, 4) is 0 Å². The molecule has 2 heterocycles. The van der Waals surface area contributed by atoms with E-state index in [-0.39, 0.29) is 42.3 Å². The summed E-state index contributed by atoms with van der Waals surface area (Å²) in [6, 6.07) is 5.80. The van der Waals surface area contributed by atoms with Crippen LogP contribution in [0, 0.1) is 11.7 Å². The smallest absolute Gasteiger partial charge is 0.227 e. The number of sulfonamides is 1. The molecule has 0 saturated carbocycles. The Morgan fingerprint density at radius 2 is 1.83 bits per heavy atom. The molecular weight excluding hydrogens is 413 g/mol. The molecule has 166 valence electrons. The summed E-state index contributed by atoms with van der Waals surface area (Å²) in [4.78, 5) is 26.7. The van der Waals surface area contributed by atoms with Crippen molar-refractivity contribution in [2.45, 2.75) is 19.3 Å². The third-order valence-corrected chi connectivity index (χ3v) is 7.31. The average molecular weight is 442 g/mol. The van der Waals surface area contributed by atoms with Crippen molar-refractivity contribution in [3.63, 3.8) is 0 Å². The van der Waals surface area contributed by atoms with Crippen LogP contribution in [0.2, 0.25) is 0 Å². The Morgan fingerprint density at radius 1 is 1.13 bits per heavy atom. The Kier molecular flexibility index (Phi) is 7.79. The van der Waals surface area contributed by atoms with Crippen LogP contribution in [-0.2, 0) is 30.8 Å². The number of piperidine rings is 1. The molecule has 2 saturated heterocycles. The van der Waals surface area contributed by atoms with Gasteiger partial charge in [-0.1, -0.05) is 12.1 Å². The van der Waals surface area contributed by atoms with Gasteiger partial charge < -0.3 is 15.0 Å². The molecule has 0 aromatic heterocycles. The third kappa shape index (κ3) is 6.23. The zero-order valence-corrected chi connectivity index (χ0v) is 17.7. The first kappa shape index (κ1) is 22.6. The van der Waals surface area contributed by atoms with Gasteiger partial charge in [-0.25, -0.2) is 12.8 Å². The molecule has 1 N–H and O–H groups in total. The fourth-order valence-corrected chi connectivity index (χ4v) is 5.03. The van der Waals surface area contributed by atoms with Gasteiger partial charge in [-0.3, -0.25) is 9.59 Å². The number of halogens is 1. The third-order valence-electron chi connectivity index (χ3n) is 5.44. The second-order valence-electron chi connectivity index (χ2n) is 7.60. The zero-order valence-electron chi connectivity index (χ0n) is 16.9. The molecule has 1 atom stereocenters. The molecule has 30 heavy (non-hydrogen) atoms. The lowest BCUT2D eigenvalue weighted by atomic mass is 9.96. The molecule has 2 amide bonds. The van der Waals surface area contributed by atoms with E-state index in [0.717, 1.165) is 5.56 Å². The Hall–Kier alpha value is -2.04. The van der Waals surface area contributed by atoms with E-state index < -0.39 is 10.0 Å². The summed E-state index contributed by atoms with van der Waals surface area (Å²) in [5, 5.41) is 2.71. The highest BCUT2D eigenvalue weighted by Gasteiger charge is 2.29. The van der Waals surface area contributed by atoms with Crippen molar-refractivity contribution in [1.29, 1.82) is 0 Å². The molecule has 2 aliphatic rings. The standard InChI is InChI=1S/C20H28FN3O5S/c21-18-5-3-16(4-6-18)14-19(25)23-8-1-2-17(15-23)20(26)22-7-13-30(27,28)24-9-11-29-12-10-24/h3-6,17H,1-2,7-15H2,(H,22,26). The monoisotopic (exact) mass is 441 g/mol. The van der Waals surface area contributed by atoms with Crippen LogP contribution in [-0.4, -0.2) is 81.1 Å². The molecule has 2 fully saturated rings. The highest BCUT2D eigenvalue weighted by molar-refractivity contribution is 7.89. The molecule has 1 aromatic rings. The average Bonchev–Trinajstić information content (AvgIpc) is 2.76. The van der Waals surface area contributed by atoms with Crippen molar-refractivity contribution in [3.05, 3.63) is 35.6 Å². The van der Waals surface area contributed by atoms with Gasteiger partial charge in [0.05, 0.1) is 31.3 Å². The number of hydrogen-bond acceptors (Lipinski definition) is 5. The second-order valence-corrected chi connectivity index (χ2v) is 9.69. The predicted octanol–water partition coefficient (Wildman–Crippen LogP) is 0.385. The Labute approximate surface area is 176 Å². The van der Waals surface area contributed by atoms with Crippen molar-refractivity contribution in [2.24, 2.45) is 5.92 Å². The summed E-state index contributed by atoms with van der Waals surface area (Å²) >= 11 is 0. The lowest BCUT2D eigenvalue weighted by molar-refractivity contribution is -0.135. The highest BCUT2D eigenvalue weighted by Crippen LogP contribution is 2.18. The van der Waals surface area contributed by atoms with Crippen LogP contribution in [0.1, 0.15) is 18.4 Å². The molecule has 2 aliphatic heterocycles. The van der Waals surface area contributed by atoms with E-state index in [2.05, 4.69) is 5.32 Å². The molecule has 1 unspecified atom stereocenters. The minimum absolute atomic E-state index is 0.0402. The number of ether oxygens (including phenoxy) is 1. The predicted molar refractivity (Wildman–Crippen MR) is 109 cm³/mol. The van der Waals surface area contributed by atoms with Gasteiger partial charge in [0.25, 0.3) is 0 Å². The minimum atomic E-state index is -3.42. The summed E-state index contributed by atoms with van der Waals surface area (Å²) in [6.07, 6.45) is 1.52. The molecule has 1 aromatic carbocycles. The number of morpholine rings is 1. The van der Waals surface area contributed by atoms with Crippen LogP contribution in [0.25, 0.3) is 0 Å². The van der Waals surface area contributed by atoms with E-state index >= 15 is 0 Å². The summed E-state index contributed by atoms with van der Waals surface area (Å²) in [5.74, 6) is -1.20. The Bertz CT molecular complexity index is 841. The first-order valence-corrected chi connectivity index (χ1v) is 11.8. The largest absolute Gasteiger partial charge is 0.379 e. The zero-order chi connectivity index (χ0) is 21.6.